The van der Waals surface area contributed by atoms with Gasteiger partial charge < -0.3 is 19.6 Å². The highest BCUT2D eigenvalue weighted by atomic mass is 127. The smallest absolute Gasteiger partial charge is 0.465 e. The Morgan fingerprint density at radius 2 is 1.41 bits per heavy atom. The van der Waals surface area contributed by atoms with Crippen molar-refractivity contribution in [3.8, 4) is 16.9 Å². The minimum absolute atomic E-state index is 0.0116. The average molecular weight is 976 g/mol. The van der Waals surface area contributed by atoms with Gasteiger partial charge in [0.1, 0.15) is 11.3 Å². The molecule has 58 heavy (non-hydrogen) atoms. The van der Waals surface area contributed by atoms with Gasteiger partial charge in [0.2, 0.25) is 0 Å². The van der Waals surface area contributed by atoms with Gasteiger partial charge in [0, 0.05) is 37.0 Å². The van der Waals surface area contributed by atoms with Gasteiger partial charge in [-0.1, -0.05) is 74.4 Å². The van der Waals surface area contributed by atoms with E-state index in [1.165, 1.54) is 51.1 Å². The fourth-order valence-electron chi connectivity index (χ4n) is 6.01. The summed E-state index contributed by atoms with van der Waals surface area (Å²) in [5.74, 6) is -27.4. The summed E-state index contributed by atoms with van der Waals surface area (Å²) in [4.78, 5) is 25.9. The Morgan fingerprint density at radius 1 is 0.810 bits per heavy atom. The van der Waals surface area contributed by atoms with E-state index < -0.39 is 87.0 Å². The Labute approximate surface area is 346 Å². The summed E-state index contributed by atoms with van der Waals surface area (Å²) in [5, 5.41) is 0.151. The molecule has 0 aliphatic carbocycles. The molecule has 0 saturated carbocycles. The molecule has 0 aliphatic rings. The number of unbranched alkanes of at least 4 members (excludes halogenated alkanes) is 2. The third-order valence-electron chi connectivity index (χ3n) is 9.63. The van der Waals surface area contributed by atoms with Crippen LogP contribution in [0.4, 0.5) is 48.3 Å². The molecule has 1 heterocycles. The lowest BCUT2D eigenvalue weighted by Gasteiger charge is -2.42. The average Bonchev–Trinajstić information content (AvgIpc) is 3.06. The third-order valence-corrected chi connectivity index (χ3v) is 11.0. The Hall–Kier alpha value is -2.81. The summed E-state index contributed by atoms with van der Waals surface area (Å²) >= 11 is 2.42. The van der Waals surface area contributed by atoms with Gasteiger partial charge in [-0.3, -0.25) is 4.79 Å². The Bertz CT molecular complexity index is 1960. The van der Waals surface area contributed by atoms with Crippen molar-refractivity contribution in [2.75, 3.05) is 12.4 Å². The molecule has 6 nitrogen and oxygen atoms in total. The number of aryl methyl sites for hydroxylation is 1. The number of fused-ring (bicyclic) bond motifs is 1. The van der Waals surface area contributed by atoms with Crippen molar-refractivity contribution in [1.29, 1.82) is 0 Å². The van der Waals surface area contributed by atoms with Crippen LogP contribution >= 0.6 is 34.4 Å². The van der Waals surface area contributed by atoms with Crippen LogP contribution in [0.5, 0.6) is 5.75 Å². The maximum absolute atomic E-state index is 14.8. The van der Waals surface area contributed by atoms with Crippen molar-refractivity contribution in [1.82, 2.24) is 0 Å². The summed E-state index contributed by atoms with van der Waals surface area (Å²) in [6, 6.07) is 8.84. The molecule has 0 spiro atoms. The van der Waals surface area contributed by atoms with E-state index in [4.69, 9.17) is 14.9 Å². The fraction of sp³-hybridized carbons (Fsp3) is 0.590. The standard InChI is InChI=1S/C39H45F11INO5S/c1-7-8-9-10-23-11-14-26(29(19-23)57-39(48,49)50)27-20-24-12-13-25(21-28(24)56-30(27)53)58-18-16-36(42,43)38(46,47)37(44,45)35(40,41)15-17-55-31(54)34(6,33(4,5)52)22-32(2,3)51/h11-14,19-21H,7-10,15-18,22,52H2,1-6H3. The molecule has 0 amide bonds. The van der Waals surface area contributed by atoms with Crippen LogP contribution in [0.2, 0.25) is 0 Å². The molecule has 0 aliphatic heterocycles. The van der Waals surface area contributed by atoms with E-state index in [9.17, 15) is 57.9 Å². The normalized spacial score (nSPS) is 14.7. The first-order valence-electron chi connectivity index (χ1n) is 18.0. The molecule has 2 N–H and O–H groups in total. The van der Waals surface area contributed by atoms with Gasteiger partial charge in [-0.05, 0) is 69.9 Å². The van der Waals surface area contributed by atoms with Crippen LogP contribution in [-0.4, -0.2) is 57.3 Å². The van der Waals surface area contributed by atoms with Crippen LogP contribution in [-0.2, 0) is 16.0 Å². The van der Waals surface area contributed by atoms with Gasteiger partial charge >= 0.3 is 41.6 Å². The molecule has 0 radical (unpaired) electrons. The van der Waals surface area contributed by atoms with E-state index in [-0.39, 0.29) is 33.4 Å². The molecule has 3 rings (SSSR count). The van der Waals surface area contributed by atoms with E-state index in [1.54, 1.807) is 19.9 Å². The maximum atomic E-state index is 14.8. The molecule has 326 valence electrons. The van der Waals surface area contributed by atoms with E-state index in [0.29, 0.717) is 30.2 Å². The minimum Gasteiger partial charge on any atom is -0.465 e. The molecule has 0 saturated heterocycles. The van der Waals surface area contributed by atoms with Crippen LogP contribution in [0.25, 0.3) is 22.1 Å². The van der Waals surface area contributed by atoms with Gasteiger partial charge in [-0.2, -0.15) is 35.1 Å². The molecular weight excluding hydrogens is 930 g/mol. The van der Waals surface area contributed by atoms with E-state index in [2.05, 4.69) is 4.74 Å². The quantitative estimate of drug-likeness (QED) is 0.0229. The van der Waals surface area contributed by atoms with E-state index in [1.807, 2.05) is 29.5 Å². The highest BCUT2D eigenvalue weighted by molar-refractivity contribution is 14.1. The number of thioether (sulfide) groups is 1. The molecule has 0 bridgehead atoms. The van der Waals surface area contributed by atoms with Crippen LogP contribution in [0.3, 0.4) is 0 Å². The Balaban J connectivity index is 1.75. The van der Waals surface area contributed by atoms with Gasteiger partial charge in [0.05, 0.1) is 24.0 Å². The summed E-state index contributed by atoms with van der Waals surface area (Å²) < 4.78 is 171. The summed E-state index contributed by atoms with van der Waals surface area (Å²) in [6.07, 6.45) is -6.37. The number of benzene rings is 2. The Kier molecular flexibility index (Phi) is 15.4. The largest absolute Gasteiger partial charge is 0.573 e. The SMILES string of the molecule is CCCCCc1ccc(-c2cc3ccc(SCCC(F)(F)C(F)(F)C(F)(F)C(F)(F)CCOC(=O)C(C)(CC(C)(C)I)C(C)(C)N)cc3oc2=O)c(OC(F)(F)F)c1. The van der Waals surface area contributed by atoms with Gasteiger partial charge in [-0.25, -0.2) is 4.79 Å². The van der Waals surface area contributed by atoms with Gasteiger partial charge in [0.15, 0.2) is 0 Å². The number of halogens is 12. The van der Waals surface area contributed by atoms with Crippen molar-refractivity contribution in [2.45, 2.75) is 130 Å². The first-order chi connectivity index (χ1) is 26.3. The number of alkyl halides is 12. The maximum Gasteiger partial charge on any atom is 0.573 e. The number of hydrogen-bond acceptors (Lipinski definition) is 7. The predicted octanol–water partition coefficient (Wildman–Crippen LogP) is 12.4. The molecule has 0 fully saturated rings. The summed E-state index contributed by atoms with van der Waals surface area (Å²) in [6.45, 7) is 8.17. The summed E-state index contributed by atoms with van der Waals surface area (Å²) in [7, 11) is 0. The second-order valence-corrected chi connectivity index (χ2v) is 19.6. The molecule has 1 atom stereocenters. The number of esters is 1. The van der Waals surface area contributed by atoms with Crippen LogP contribution < -0.4 is 16.1 Å². The third kappa shape index (κ3) is 11.7. The zero-order valence-corrected chi connectivity index (χ0v) is 35.4. The van der Waals surface area contributed by atoms with Crippen molar-refractivity contribution >= 4 is 51.3 Å². The minimum atomic E-state index is -6.59. The van der Waals surface area contributed by atoms with Crippen LogP contribution in [0, 0.1) is 5.41 Å². The number of carbonyl (C=O) groups is 1. The van der Waals surface area contributed by atoms with Gasteiger partial charge in [0.25, 0.3) is 0 Å². The zero-order valence-electron chi connectivity index (χ0n) is 32.5. The number of rotatable bonds is 20. The van der Waals surface area contributed by atoms with Crippen molar-refractivity contribution in [2.24, 2.45) is 11.1 Å². The lowest BCUT2D eigenvalue weighted by atomic mass is 9.68. The predicted molar refractivity (Wildman–Crippen MR) is 208 cm³/mol. The topological polar surface area (TPSA) is 91.8 Å². The van der Waals surface area contributed by atoms with Crippen molar-refractivity contribution < 1.29 is 67.0 Å². The number of nitrogens with two attached hydrogens (primary N) is 1. The highest BCUT2D eigenvalue weighted by Gasteiger charge is 2.79. The Morgan fingerprint density at radius 3 is 1.97 bits per heavy atom. The molecule has 2 aromatic carbocycles. The first kappa shape index (κ1) is 49.6. The highest BCUT2D eigenvalue weighted by Crippen LogP contribution is 2.55. The molecular formula is C39H45F11INO5S. The van der Waals surface area contributed by atoms with Crippen LogP contribution in [0.1, 0.15) is 85.6 Å². The first-order valence-corrected chi connectivity index (χ1v) is 20.1. The van der Waals surface area contributed by atoms with Crippen molar-refractivity contribution in [3.05, 3.63) is 58.4 Å². The number of ether oxygens (including phenoxy) is 2. The second-order valence-electron chi connectivity index (χ2n) is 15.5. The number of carbonyl (C=O) groups excluding carboxylic acids is 1. The van der Waals surface area contributed by atoms with Gasteiger partial charge in [-0.15, -0.1) is 24.9 Å². The molecule has 1 aromatic heterocycles. The molecule has 3 aromatic rings. The fourth-order valence-corrected chi connectivity index (χ4v) is 7.72. The lowest BCUT2D eigenvalue weighted by molar-refractivity contribution is -0.367. The van der Waals surface area contributed by atoms with E-state index in [0.717, 1.165) is 18.9 Å². The summed E-state index contributed by atoms with van der Waals surface area (Å²) in [5.41, 5.74) is 1.98. The van der Waals surface area contributed by atoms with E-state index >= 15 is 0 Å². The second kappa shape index (κ2) is 18.0. The lowest BCUT2D eigenvalue weighted by Crippen LogP contribution is -2.62. The monoisotopic (exact) mass is 975 g/mol. The van der Waals surface area contributed by atoms with Crippen LogP contribution in [0.15, 0.2) is 56.6 Å². The van der Waals surface area contributed by atoms with Crippen molar-refractivity contribution in [3.63, 3.8) is 0 Å². The number of hydrogen-bond donors (Lipinski definition) is 1. The molecule has 19 heteroatoms. The molecule has 1 unspecified atom stereocenters. The zero-order chi connectivity index (χ0) is 44.3.